The van der Waals surface area contributed by atoms with E-state index in [0.717, 1.165) is 23.4 Å². The number of ether oxygens (including phenoxy) is 1. The van der Waals surface area contributed by atoms with Crippen molar-refractivity contribution in [2.45, 2.75) is 44.8 Å². The van der Waals surface area contributed by atoms with Crippen LogP contribution in [0.4, 0.5) is 0 Å². The van der Waals surface area contributed by atoms with Crippen LogP contribution in [-0.2, 0) is 16.1 Å². The van der Waals surface area contributed by atoms with Crippen LogP contribution in [0.5, 0.6) is 0 Å². The van der Waals surface area contributed by atoms with Crippen molar-refractivity contribution in [2.24, 2.45) is 23.5 Å². The molecule has 3 N–H and O–H groups in total. The molecule has 2 atom stereocenters. The Morgan fingerprint density at radius 1 is 1.20 bits per heavy atom. The summed E-state index contributed by atoms with van der Waals surface area (Å²) in [7, 11) is 0. The Labute approximate surface area is 161 Å². The van der Waals surface area contributed by atoms with Gasteiger partial charge in [-0.05, 0) is 55.2 Å². The van der Waals surface area contributed by atoms with Gasteiger partial charge in [0.1, 0.15) is 0 Å². The van der Waals surface area contributed by atoms with E-state index < -0.39 is 0 Å². The summed E-state index contributed by atoms with van der Waals surface area (Å²) < 4.78 is 5.61. The minimum atomic E-state index is 0. The molecular formula is C19H28Cl2N2O2. The molecule has 2 saturated carbocycles. The van der Waals surface area contributed by atoms with Gasteiger partial charge < -0.3 is 15.8 Å². The van der Waals surface area contributed by atoms with Crippen molar-refractivity contribution in [3.8, 4) is 0 Å². The van der Waals surface area contributed by atoms with Gasteiger partial charge in [0.2, 0.25) is 5.91 Å². The van der Waals surface area contributed by atoms with E-state index >= 15 is 0 Å². The first-order valence-corrected chi connectivity index (χ1v) is 9.37. The maximum Gasteiger partial charge on any atom is 0.223 e. The lowest BCUT2D eigenvalue weighted by molar-refractivity contribution is -0.128. The average molecular weight is 387 g/mol. The summed E-state index contributed by atoms with van der Waals surface area (Å²) in [5, 5.41) is 3.75. The Hall–Kier alpha value is -0.810. The highest BCUT2D eigenvalue weighted by Crippen LogP contribution is 2.41. The highest BCUT2D eigenvalue weighted by Gasteiger charge is 2.40. The van der Waals surface area contributed by atoms with Crippen molar-refractivity contribution in [1.82, 2.24) is 5.32 Å². The van der Waals surface area contributed by atoms with E-state index in [2.05, 4.69) is 5.32 Å². The monoisotopic (exact) mass is 386 g/mol. The minimum Gasteiger partial charge on any atom is -0.375 e. The largest absolute Gasteiger partial charge is 0.375 e. The summed E-state index contributed by atoms with van der Waals surface area (Å²) in [6.07, 6.45) is 5.55. The molecule has 2 bridgehead atoms. The summed E-state index contributed by atoms with van der Waals surface area (Å²) in [5.41, 5.74) is 7.37. The lowest BCUT2D eigenvalue weighted by Crippen LogP contribution is -2.49. The third kappa shape index (κ3) is 5.58. The molecular weight excluding hydrogens is 359 g/mol. The number of carbonyl (C=O) groups excluding carboxylic acids is 1. The van der Waals surface area contributed by atoms with E-state index in [-0.39, 0.29) is 24.2 Å². The van der Waals surface area contributed by atoms with Gasteiger partial charge in [-0.2, -0.15) is 0 Å². The number of carbonyl (C=O) groups is 1. The van der Waals surface area contributed by atoms with Crippen LogP contribution in [0.25, 0.3) is 0 Å². The lowest BCUT2D eigenvalue weighted by Gasteiger charge is -2.43. The summed E-state index contributed by atoms with van der Waals surface area (Å²) in [4.78, 5) is 12.4. The van der Waals surface area contributed by atoms with Gasteiger partial charge in [0, 0.05) is 23.5 Å². The molecule has 0 aromatic heterocycles. The molecule has 2 aliphatic rings. The van der Waals surface area contributed by atoms with Crippen LogP contribution in [-0.4, -0.2) is 25.1 Å². The zero-order chi connectivity index (χ0) is 16.9. The maximum absolute atomic E-state index is 12.4. The van der Waals surface area contributed by atoms with Crippen LogP contribution < -0.4 is 11.1 Å². The lowest BCUT2D eigenvalue weighted by atomic mass is 9.65. The van der Waals surface area contributed by atoms with Gasteiger partial charge in [-0.15, -0.1) is 12.4 Å². The zero-order valence-corrected chi connectivity index (χ0v) is 16.0. The minimum absolute atomic E-state index is 0. The second kappa shape index (κ2) is 9.77. The van der Waals surface area contributed by atoms with Crippen molar-refractivity contribution in [2.75, 3.05) is 13.2 Å². The van der Waals surface area contributed by atoms with E-state index in [4.69, 9.17) is 22.1 Å². The summed E-state index contributed by atoms with van der Waals surface area (Å²) in [6.45, 7) is 1.62. The maximum atomic E-state index is 12.4. The SMILES string of the molecule is Cl.NC1C2CCCC1CC(C(=O)NCCOCc1ccc(Cl)cc1)C2. The van der Waals surface area contributed by atoms with Crippen LogP contribution in [0.1, 0.15) is 37.7 Å². The quantitative estimate of drug-likeness (QED) is 0.734. The van der Waals surface area contributed by atoms with Crippen LogP contribution >= 0.6 is 24.0 Å². The third-order valence-corrected chi connectivity index (χ3v) is 5.76. The van der Waals surface area contributed by atoms with Crippen LogP contribution in [0.2, 0.25) is 5.02 Å². The second-order valence-electron chi connectivity index (χ2n) is 7.17. The third-order valence-electron chi connectivity index (χ3n) is 5.51. The van der Waals surface area contributed by atoms with Gasteiger partial charge in [0.15, 0.2) is 0 Å². The number of nitrogens with two attached hydrogens (primary N) is 1. The molecule has 0 radical (unpaired) electrons. The number of amides is 1. The molecule has 2 fully saturated rings. The summed E-state index contributed by atoms with van der Waals surface area (Å²) in [5.74, 6) is 1.38. The van der Waals surface area contributed by atoms with Crippen molar-refractivity contribution in [1.29, 1.82) is 0 Å². The fourth-order valence-corrected chi connectivity index (χ4v) is 4.29. The first-order valence-electron chi connectivity index (χ1n) is 8.99. The van der Waals surface area contributed by atoms with Crippen LogP contribution in [0.3, 0.4) is 0 Å². The molecule has 1 aromatic carbocycles. The first-order chi connectivity index (χ1) is 11.6. The zero-order valence-electron chi connectivity index (χ0n) is 14.5. The fraction of sp³-hybridized carbons (Fsp3) is 0.632. The highest BCUT2D eigenvalue weighted by molar-refractivity contribution is 6.30. The van der Waals surface area contributed by atoms with Gasteiger partial charge in [0.05, 0.1) is 13.2 Å². The molecule has 1 aromatic rings. The number of hydrogen-bond acceptors (Lipinski definition) is 3. The van der Waals surface area contributed by atoms with E-state index in [1.54, 1.807) is 0 Å². The Morgan fingerprint density at radius 3 is 2.48 bits per heavy atom. The van der Waals surface area contributed by atoms with Crippen molar-refractivity contribution in [3.05, 3.63) is 34.9 Å². The molecule has 140 valence electrons. The van der Waals surface area contributed by atoms with Gasteiger partial charge in [0.25, 0.3) is 0 Å². The molecule has 2 unspecified atom stereocenters. The smallest absolute Gasteiger partial charge is 0.223 e. The molecule has 3 rings (SSSR count). The molecule has 2 aliphatic carbocycles. The van der Waals surface area contributed by atoms with Gasteiger partial charge in [-0.25, -0.2) is 0 Å². The number of fused-ring (bicyclic) bond motifs is 2. The first kappa shape index (κ1) is 20.5. The molecule has 4 nitrogen and oxygen atoms in total. The van der Waals surface area contributed by atoms with E-state index in [1.165, 1.54) is 19.3 Å². The molecule has 0 spiro atoms. The van der Waals surface area contributed by atoms with Crippen molar-refractivity contribution in [3.63, 3.8) is 0 Å². The van der Waals surface area contributed by atoms with E-state index in [1.807, 2.05) is 24.3 Å². The van der Waals surface area contributed by atoms with Gasteiger partial charge in [-0.1, -0.05) is 30.2 Å². The fourth-order valence-electron chi connectivity index (χ4n) is 4.16. The number of rotatable bonds is 6. The van der Waals surface area contributed by atoms with E-state index in [9.17, 15) is 4.79 Å². The molecule has 0 aliphatic heterocycles. The highest BCUT2D eigenvalue weighted by atomic mass is 35.5. The predicted molar refractivity (Wildman–Crippen MR) is 103 cm³/mol. The number of nitrogens with one attached hydrogen (secondary N) is 1. The predicted octanol–water partition coefficient (Wildman–Crippen LogP) is 3.55. The molecule has 1 amide bonds. The number of halogens is 2. The topological polar surface area (TPSA) is 64.4 Å². The second-order valence-corrected chi connectivity index (χ2v) is 7.60. The van der Waals surface area contributed by atoms with Gasteiger partial charge in [-0.3, -0.25) is 4.79 Å². The molecule has 6 heteroatoms. The van der Waals surface area contributed by atoms with Gasteiger partial charge >= 0.3 is 0 Å². The van der Waals surface area contributed by atoms with Crippen molar-refractivity contribution < 1.29 is 9.53 Å². The normalized spacial score (nSPS) is 28.1. The van der Waals surface area contributed by atoms with Crippen LogP contribution in [0, 0.1) is 17.8 Å². The van der Waals surface area contributed by atoms with Crippen molar-refractivity contribution >= 4 is 29.9 Å². The Balaban J connectivity index is 0.00000225. The Morgan fingerprint density at radius 2 is 1.84 bits per heavy atom. The van der Waals surface area contributed by atoms with E-state index in [0.29, 0.717) is 37.6 Å². The molecule has 0 saturated heterocycles. The van der Waals surface area contributed by atoms with Crippen LogP contribution in [0.15, 0.2) is 24.3 Å². The Kier molecular flexibility index (Phi) is 8.01. The molecule has 25 heavy (non-hydrogen) atoms. The summed E-state index contributed by atoms with van der Waals surface area (Å²) in [6, 6.07) is 7.92. The standard InChI is InChI=1S/C19H27ClN2O2.ClH/c20-17-6-4-13(5-7-17)12-24-9-8-22-19(23)16-10-14-2-1-3-15(11-16)18(14)21;/h4-7,14-16,18H,1-3,8-12,21H2,(H,22,23);1H. The molecule has 0 heterocycles. The summed E-state index contributed by atoms with van der Waals surface area (Å²) >= 11 is 5.85. The number of benzene rings is 1. The number of hydrogen-bond donors (Lipinski definition) is 2. The average Bonchev–Trinajstić information content (AvgIpc) is 2.56. The Bertz CT molecular complexity index is 539.